The Hall–Kier alpha value is -5.80. The SMILES string of the molecule is C1=Cc2c(n(-c3cc(-c4ccc5oc6ccccc6c5c4)cc(-n4c5ccccc5c5ccccc54)c3)c3ccccc23)CC1. The van der Waals surface area contributed by atoms with Crippen LogP contribution < -0.4 is 0 Å². The average Bonchev–Trinajstić information content (AvgIpc) is 3.75. The summed E-state index contributed by atoms with van der Waals surface area (Å²) in [6, 6.07) is 48.4. The Morgan fingerprint density at radius 2 is 1.07 bits per heavy atom. The minimum absolute atomic E-state index is 0.913. The van der Waals surface area contributed by atoms with Gasteiger partial charge in [-0.3, -0.25) is 0 Å². The average molecular weight is 577 g/mol. The number of benzene rings is 6. The smallest absolute Gasteiger partial charge is 0.135 e. The first-order chi connectivity index (χ1) is 22.3. The summed E-state index contributed by atoms with van der Waals surface area (Å²) < 4.78 is 11.1. The topological polar surface area (TPSA) is 23.0 Å². The van der Waals surface area contributed by atoms with Crippen LogP contribution in [0.15, 0.2) is 144 Å². The molecule has 3 heteroatoms. The summed E-state index contributed by atoms with van der Waals surface area (Å²) in [7, 11) is 0. The number of rotatable bonds is 3. The fourth-order valence-electron chi connectivity index (χ4n) is 7.59. The van der Waals surface area contributed by atoms with E-state index in [2.05, 4.69) is 143 Å². The van der Waals surface area contributed by atoms with Gasteiger partial charge in [0.05, 0.1) is 16.6 Å². The van der Waals surface area contributed by atoms with Crippen LogP contribution in [0.3, 0.4) is 0 Å². The summed E-state index contributed by atoms with van der Waals surface area (Å²) in [6.07, 6.45) is 6.69. The summed E-state index contributed by atoms with van der Waals surface area (Å²) >= 11 is 0. The van der Waals surface area contributed by atoms with Crippen molar-refractivity contribution in [1.29, 1.82) is 0 Å². The molecule has 0 amide bonds. The third kappa shape index (κ3) is 3.58. The van der Waals surface area contributed by atoms with Gasteiger partial charge in [-0.05, 0) is 78.6 Å². The first-order valence-corrected chi connectivity index (χ1v) is 15.7. The molecule has 9 aromatic rings. The van der Waals surface area contributed by atoms with Gasteiger partial charge in [0.1, 0.15) is 11.2 Å². The molecule has 1 aliphatic carbocycles. The molecule has 3 nitrogen and oxygen atoms in total. The van der Waals surface area contributed by atoms with Crippen molar-refractivity contribution >= 4 is 60.7 Å². The van der Waals surface area contributed by atoms with Crippen molar-refractivity contribution in [2.45, 2.75) is 12.8 Å². The number of allylic oxidation sites excluding steroid dienone is 1. The molecule has 10 rings (SSSR count). The molecule has 0 saturated heterocycles. The summed E-state index contributed by atoms with van der Waals surface area (Å²) in [5.74, 6) is 0. The normalized spacial score (nSPS) is 13.1. The minimum Gasteiger partial charge on any atom is -0.456 e. The second kappa shape index (κ2) is 9.35. The Labute approximate surface area is 259 Å². The Kier molecular flexibility index (Phi) is 5.11. The summed E-state index contributed by atoms with van der Waals surface area (Å²) in [6.45, 7) is 0. The van der Waals surface area contributed by atoms with Gasteiger partial charge >= 0.3 is 0 Å². The zero-order chi connectivity index (χ0) is 29.5. The lowest BCUT2D eigenvalue weighted by molar-refractivity contribution is 0.669. The van der Waals surface area contributed by atoms with Crippen LogP contribution in [0.4, 0.5) is 0 Å². The number of para-hydroxylation sites is 4. The summed E-state index contributed by atoms with van der Waals surface area (Å²) in [5.41, 5.74) is 12.9. The molecule has 0 atom stereocenters. The van der Waals surface area contributed by atoms with E-state index < -0.39 is 0 Å². The highest BCUT2D eigenvalue weighted by molar-refractivity contribution is 6.10. The Morgan fingerprint density at radius 3 is 1.82 bits per heavy atom. The van der Waals surface area contributed by atoms with E-state index in [1.807, 2.05) is 12.1 Å². The summed E-state index contributed by atoms with van der Waals surface area (Å²) in [5, 5.41) is 6.12. The van der Waals surface area contributed by atoms with Gasteiger partial charge in [-0.1, -0.05) is 91.0 Å². The predicted octanol–water partition coefficient (Wildman–Crippen LogP) is 11.3. The molecule has 1 aliphatic rings. The van der Waals surface area contributed by atoms with Gasteiger partial charge in [-0.25, -0.2) is 0 Å². The lowest BCUT2D eigenvalue weighted by Crippen LogP contribution is -2.05. The molecule has 3 heterocycles. The van der Waals surface area contributed by atoms with Crippen LogP contribution in [-0.4, -0.2) is 9.13 Å². The van der Waals surface area contributed by atoms with Gasteiger partial charge in [-0.15, -0.1) is 0 Å². The van der Waals surface area contributed by atoms with E-state index in [4.69, 9.17) is 4.42 Å². The van der Waals surface area contributed by atoms with E-state index in [-0.39, 0.29) is 0 Å². The third-order valence-corrected chi connectivity index (χ3v) is 9.56. The first kappa shape index (κ1) is 24.6. The van der Waals surface area contributed by atoms with Gasteiger partial charge in [0, 0.05) is 49.6 Å². The van der Waals surface area contributed by atoms with Gasteiger partial charge in [-0.2, -0.15) is 0 Å². The minimum atomic E-state index is 0.913. The number of aromatic nitrogens is 2. The molecule has 0 radical (unpaired) electrons. The predicted molar refractivity (Wildman–Crippen MR) is 188 cm³/mol. The quantitative estimate of drug-likeness (QED) is 0.205. The molecule has 45 heavy (non-hydrogen) atoms. The highest BCUT2D eigenvalue weighted by Crippen LogP contribution is 2.39. The number of hydrogen-bond donors (Lipinski definition) is 0. The van der Waals surface area contributed by atoms with E-state index in [9.17, 15) is 0 Å². The van der Waals surface area contributed by atoms with Crippen LogP contribution in [0.2, 0.25) is 0 Å². The lowest BCUT2D eigenvalue weighted by Gasteiger charge is -2.18. The van der Waals surface area contributed by atoms with Crippen LogP contribution >= 0.6 is 0 Å². The third-order valence-electron chi connectivity index (χ3n) is 9.56. The standard InChI is InChI=1S/C42H28N2O/c1-6-16-37-31(11-1)32-12-2-7-17-38(32)43(37)29-23-28(27-21-22-42-36(25-27)35-15-5-10-20-41(35)45-42)24-30(26-29)44-39-18-8-3-13-33(39)34-14-4-9-19-40(34)44/h1-8,10-18,20-26H,9,19H2. The summed E-state index contributed by atoms with van der Waals surface area (Å²) in [4.78, 5) is 0. The van der Waals surface area contributed by atoms with Crippen molar-refractivity contribution in [1.82, 2.24) is 9.13 Å². The van der Waals surface area contributed by atoms with E-state index >= 15 is 0 Å². The molecule has 0 aliphatic heterocycles. The van der Waals surface area contributed by atoms with Crippen molar-refractivity contribution in [3.63, 3.8) is 0 Å². The largest absolute Gasteiger partial charge is 0.456 e. The van der Waals surface area contributed by atoms with Gasteiger partial charge < -0.3 is 13.6 Å². The zero-order valence-electron chi connectivity index (χ0n) is 24.6. The molecule has 0 saturated carbocycles. The fourth-order valence-corrected chi connectivity index (χ4v) is 7.59. The molecule has 0 N–H and O–H groups in total. The van der Waals surface area contributed by atoms with Gasteiger partial charge in [0.25, 0.3) is 0 Å². The second-order valence-corrected chi connectivity index (χ2v) is 12.1. The van der Waals surface area contributed by atoms with Gasteiger partial charge in [0.15, 0.2) is 0 Å². The Bertz CT molecular complexity index is 2610. The van der Waals surface area contributed by atoms with Crippen LogP contribution in [0.1, 0.15) is 17.7 Å². The molecule has 0 spiro atoms. The number of nitrogens with zero attached hydrogens (tertiary/aromatic N) is 2. The lowest BCUT2D eigenvalue weighted by atomic mass is 10.0. The van der Waals surface area contributed by atoms with Crippen LogP contribution in [0.25, 0.3) is 83.2 Å². The molecule has 3 aromatic heterocycles. The van der Waals surface area contributed by atoms with Crippen molar-refractivity contribution in [3.05, 3.63) is 151 Å². The molecular weight excluding hydrogens is 548 g/mol. The molecule has 0 fully saturated rings. The first-order valence-electron chi connectivity index (χ1n) is 15.7. The molecule has 0 bridgehead atoms. The number of fused-ring (bicyclic) bond motifs is 9. The van der Waals surface area contributed by atoms with Gasteiger partial charge in [0.2, 0.25) is 0 Å². The highest BCUT2D eigenvalue weighted by atomic mass is 16.3. The number of furan rings is 1. The molecular formula is C42H28N2O. The van der Waals surface area contributed by atoms with Crippen molar-refractivity contribution < 1.29 is 4.42 Å². The van der Waals surface area contributed by atoms with E-state index in [1.165, 1.54) is 60.8 Å². The van der Waals surface area contributed by atoms with Crippen molar-refractivity contribution in [2.75, 3.05) is 0 Å². The van der Waals surface area contributed by atoms with Crippen LogP contribution in [0.5, 0.6) is 0 Å². The Balaban J connectivity index is 1.31. The number of hydrogen-bond acceptors (Lipinski definition) is 1. The highest BCUT2D eigenvalue weighted by Gasteiger charge is 2.21. The van der Waals surface area contributed by atoms with E-state index in [1.54, 1.807) is 0 Å². The van der Waals surface area contributed by atoms with Crippen LogP contribution in [-0.2, 0) is 6.42 Å². The second-order valence-electron chi connectivity index (χ2n) is 12.1. The van der Waals surface area contributed by atoms with E-state index in [0.717, 1.165) is 40.5 Å². The maximum absolute atomic E-state index is 6.20. The maximum atomic E-state index is 6.20. The molecule has 0 unspecified atom stereocenters. The molecule has 212 valence electrons. The van der Waals surface area contributed by atoms with Crippen molar-refractivity contribution in [2.24, 2.45) is 0 Å². The Morgan fingerprint density at radius 1 is 0.467 bits per heavy atom. The van der Waals surface area contributed by atoms with E-state index in [0.29, 0.717) is 0 Å². The van der Waals surface area contributed by atoms with Crippen molar-refractivity contribution in [3.8, 4) is 22.5 Å². The zero-order valence-corrected chi connectivity index (χ0v) is 24.6. The monoisotopic (exact) mass is 576 g/mol. The molecule has 6 aromatic carbocycles. The maximum Gasteiger partial charge on any atom is 0.135 e. The fraction of sp³-hybridized carbons (Fsp3) is 0.0476. The van der Waals surface area contributed by atoms with Crippen LogP contribution in [0, 0.1) is 0 Å².